The van der Waals surface area contributed by atoms with Gasteiger partial charge in [-0.15, -0.1) is 0 Å². The number of anilines is 1. The molecule has 0 saturated carbocycles. The van der Waals surface area contributed by atoms with Crippen LogP contribution in [0.4, 0.5) is 5.69 Å². The number of para-hydroxylation sites is 1. The number of benzene rings is 1. The highest BCUT2D eigenvalue weighted by Crippen LogP contribution is 2.06. The molecule has 0 spiro atoms. The second kappa shape index (κ2) is 7.07. The van der Waals surface area contributed by atoms with Crippen LogP contribution in [0.25, 0.3) is 0 Å². The summed E-state index contributed by atoms with van der Waals surface area (Å²) < 4.78 is 0. The molecular formula is C12H18N2O4. The summed E-state index contributed by atoms with van der Waals surface area (Å²) in [7, 11) is 0. The Morgan fingerprint density at radius 1 is 1.06 bits per heavy atom. The molecule has 1 aromatic rings. The van der Waals surface area contributed by atoms with Crippen LogP contribution in [-0.2, 0) is 0 Å². The van der Waals surface area contributed by atoms with Crippen molar-refractivity contribution in [2.75, 3.05) is 5.43 Å². The summed E-state index contributed by atoms with van der Waals surface area (Å²) in [6, 6.07) is 9.06. The molecule has 100 valence electrons. The van der Waals surface area contributed by atoms with Gasteiger partial charge in [-0.05, 0) is 19.1 Å². The van der Waals surface area contributed by atoms with Crippen molar-refractivity contribution in [3.63, 3.8) is 0 Å². The molecule has 0 aliphatic carbocycles. The van der Waals surface area contributed by atoms with Crippen LogP contribution >= 0.6 is 0 Å². The predicted molar refractivity (Wildman–Crippen MR) is 68.3 cm³/mol. The van der Waals surface area contributed by atoms with Crippen LogP contribution in [0.2, 0.25) is 0 Å². The SMILES string of the molecule is CC(O)C(O)C(O)C(O)/C=N\Nc1ccccc1. The maximum Gasteiger partial charge on any atom is 0.119 e. The van der Waals surface area contributed by atoms with Gasteiger partial charge in [-0.25, -0.2) is 0 Å². The number of rotatable bonds is 6. The molecule has 0 saturated heterocycles. The second-order valence-corrected chi connectivity index (χ2v) is 3.97. The molecule has 0 amide bonds. The van der Waals surface area contributed by atoms with Gasteiger partial charge in [0.2, 0.25) is 0 Å². The standard InChI is InChI=1S/C12H18N2O4/c1-8(15)11(17)12(18)10(16)7-13-14-9-5-3-2-4-6-9/h2-8,10-12,14-18H,1H3/b13-7-. The first-order valence-electron chi connectivity index (χ1n) is 5.59. The molecule has 0 radical (unpaired) electrons. The zero-order valence-corrected chi connectivity index (χ0v) is 10.0. The fraction of sp³-hybridized carbons (Fsp3) is 0.417. The first-order chi connectivity index (χ1) is 8.52. The number of hydrogen-bond donors (Lipinski definition) is 5. The third-order valence-electron chi connectivity index (χ3n) is 2.39. The van der Waals surface area contributed by atoms with E-state index in [9.17, 15) is 15.3 Å². The monoisotopic (exact) mass is 254 g/mol. The third kappa shape index (κ3) is 4.42. The van der Waals surface area contributed by atoms with E-state index in [4.69, 9.17) is 5.11 Å². The minimum Gasteiger partial charge on any atom is -0.391 e. The quantitative estimate of drug-likeness (QED) is 0.349. The maximum absolute atomic E-state index is 9.50. The minimum atomic E-state index is -1.49. The van der Waals surface area contributed by atoms with Gasteiger partial charge in [-0.3, -0.25) is 5.43 Å². The van der Waals surface area contributed by atoms with Gasteiger partial charge >= 0.3 is 0 Å². The normalized spacial score (nSPS) is 18.3. The molecule has 4 atom stereocenters. The molecule has 1 aromatic carbocycles. The summed E-state index contributed by atoms with van der Waals surface area (Å²) in [5, 5.41) is 41.1. The van der Waals surface area contributed by atoms with Crippen molar-refractivity contribution in [3.8, 4) is 0 Å². The Morgan fingerprint density at radius 3 is 2.22 bits per heavy atom. The topological polar surface area (TPSA) is 105 Å². The first-order valence-corrected chi connectivity index (χ1v) is 5.59. The van der Waals surface area contributed by atoms with Crippen molar-refractivity contribution in [1.29, 1.82) is 0 Å². The number of aliphatic hydroxyl groups is 4. The molecule has 6 heteroatoms. The highest BCUT2D eigenvalue weighted by Gasteiger charge is 2.26. The van der Waals surface area contributed by atoms with Crippen LogP contribution in [0, 0.1) is 0 Å². The first kappa shape index (κ1) is 14.6. The average molecular weight is 254 g/mol. The average Bonchev–Trinajstić information content (AvgIpc) is 2.38. The van der Waals surface area contributed by atoms with E-state index in [1.54, 1.807) is 12.1 Å². The van der Waals surface area contributed by atoms with Gasteiger partial charge in [0.15, 0.2) is 0 Å². The van der Waals surface area contributed by atoms with E-state index in [-0.39, 0.29) is 0 Å². The smallest absolute Gasteiger partial charge is 0.119 e. The lowest BCUT2D eigenvalue weighted by atomic mass is 10.1. The van der Waals surface area contributed by atoms with Crippen LogP contribution in [0.5, 0.6) is 0 Å². The fourth-order valence-electron chi connectivity index (χ4n) is 1.28. The van der Waals surface area contributed by atoms with Crippen LogP contribution in [0.3, 0.4) is 0 Å². The molecule has 0 aliphatic heterocycles. The van der Waals surface area contributed by atoms with E-state index in [1.807, 2.05) is 18.2 Å². The Labute approximate surface area is 105 Å². The van der Waals surface area contributed by atoms with Crippen molar-refractivity contribution in [1.82, 2.24) is 0 Å². The molecule has 0 bridgehead atoms. The van der Waals surface area contributed by atoms with Crippen molar-refractivity contribution in [3.05, 3.63) is 30.3 Å². The summed E-state index contributed by atoms with van der Waals surface area (Å²) in [5.41, 5.74) is 3.38. The van der Waals surface area contributed by atoms with Crippen molar-refractivity contribution >= 4 is 11.9 Å². The number of hydrogen-bond acceptors (Lipinski definition) is 6. The third-order valence-corrected chi connectivity index (χ3v) is 2.39. The van der Waals surface area contributed by atoms with Crippen molar-refractivity contribution < 1.29 is 20.4 Å². The van der Waals surface area contributed by atoms with Gasteiger partial charge < -0.3 is 20.4 Å². The summed E-state index contributed by atoms with van der Waals surface area (Å²) in [6.07, 6.45) is -4.37. The molecular weight excluding hydrogens is 236 g/mol. The molecule has 6 nitrogen and oxygen atoms in total. The van der Waals surface area contributed by atoms with Crippen molar-refractivity contribution in [2.45, 2.75) is 31.3 Å². The molecule has 0 heterocycles. The second-order valence-electron chi connectivity index (χ2n) is 3.97. The van der Waals surface area contributed by atoms with E-state index in [2.05, 4.69) is 10.5 Å². The number of aliphatic hydroxyl groups excluding tert-OH is 4. The van der Waals surface area contributed by atoms with Crippen LogP contribution in [0.1, 0.15) is 6.92 Å². The lowest BCUT2D eigenvalue weighted by Gasteiger charge is -2.22. The Bertz CT molecular complexity index is 370. The van der Waals surface area contributed by atoms with Crippen molar-refractivity contribution in [2.24, 2.45) is 5.10 Å². The maximum atomic E-state index is 9.50. The van der Waals surface area contributed by atoms with E-state index in [1.165, 1.54) is 6.92 Å². The number of hydrazone groups is 1. The van der Waals surface area contributed by atoms with E-state index < -0.39 is 24.4 Å². The lowest BCUT2D eigenvalue weighted by Crippen LogP contribution is -2.44. The number of nitrogens with zero attached hydrogens (tertiary/aromatic N) is 1. The highest BCUT2D eigenvalue weighted by molar-refractivity contribution is 5.65. The van der Waals surface area contributed by atoms with Crippen LogP contribution in [0.15, 0.2) is 35.4 Å². The Morgan fingerprint density at radius 2 is 1.67 bits per heavy atom. The summed E-state index contributed by atoms with van der Waals surface area (Å²) in [5.74, 6) is 0. The molecule has 5 N–H and O–H groups in total. The summed E-state index contributed by atoms with van der Waals surface area (Å²) >= 11 is 0. The van der Waals surface area contributed by atoms with Gasteiger partial charge in [-0.1, -0.05) is 18.2 Å². The molecule has 0 aromatic heterocycles. The fourth-order valence-corrected chi connectivity index (χ4v) is 1.28. The van der Waals surface area contributed by atoms with Gasteiger partial charge in [-0.2, -0.15) is 5.10 Å². The van der Waals surface area contributed by atoms with Gasteiger partial charge in [0.25, 0.3) is 0 Å². The summed E-state index contributed by atoms with van der Waals surface area (Å²) in [6.45, 7) is 1.32. The molecule has 0 aliphatic rings. The molecule has 18 heavy (non-hydrogen) atoms. The Hall–Kier alpha value is -1.47. The van der Waals surface area contributed by atoms with Crippen LogP contribution < -0.4 is 5.43 Å². The predicted octanol–water partition coefficient (Wildman–Crippen LogP) is -0.452. The van der Waals surface area contributed by atoms with E-state index >= 15 is 0 Å². The summed E-state index contributed by atoms with van der Waals surface area (Å²) in [4.78, 5) is 0. The van der Waals surface area contributed by atoms with E-state index in [0.29, 0.717) is 0 Å². The Kier molecular flexibility index (Phi) is 5.73. The lowest BCUT2D eigenvalue weighted by molar-refractivity contribution is -0.0820. The zero-order chi connectivity index (χ0) is 13.5. The van der Waals surface area contributed by atoms with Gasteiger partial charge in [0, 0.05) is 0 Å². The molecule has 1 rings (SSSR count). The largest absolute Gasteiger partial charge is 0.391 e. The Balaban J connectivity index is 2.47. The van der Waals surface area contributed by atoms with Gasteiger partial charge in [0.05, 0.1) is 18.0 Å². The number of nitrogens with one attached hydrogen (secondary N) is 1. The minimum absolute atomic E-state index is 0.728. The molecule has 0 fully saturated rings. The van der Waals surface area contributed by atoms with Gasteiger partial charge in [0.1, 0.15) is 18.3 Å². The van der Waals surface area contributed by atoms with E-state index in [0.717, 1.165) is 11.9 Å². The van der Waals surface area contributed by atoms with Crippen LogP contribution in [-0.4, -0.2) is 51.1 Å². The zero-order valence-electron chi connectivity index (χ0n) is 10.0. The molecule has 4 unspecified atom stereocenters. The highest BCUT2D eigenvalue weighted by atomic mass is 16.4.